The fourth-order valence-corrected chi connectivity index (χ4v) is 2.68. The van der Waals surface area contributed by atoms with E-state index in [2.05, 4.69) is 6.92 Å². The minimum atomic E-state index is 0.639. The van der Waals surface area contributed by atoms with Crippen LogP contribution in [0.3, 0.4) is 0 Å². The predicted octanol–water partition coefficient (Wildman–Crippen LogP) is 3.98. The Kier molecular flexibility index (Phi) is 3.71. The Morgan fingerprint density at radius 1 is 1.18 bits per heavy atom. The van der Waals surface area contributed by atoms with Gasteiger partial charge in [0.05, 0.1) is 0 Å². The minimum absolute atomic E-state index is 0.639. The summed E-state index contributed by atoms with van der Waals surface area (Å²) in [5, 5.41) is 0. The van der Waals surface area contributed by atoms with Gasteiger partial charge >= 0.3 is 0 Å². The lowest BCUT2D eigenvalue weighted by molar-refractivity contribution is 0.174. The molecule has 1 saturated carbocycles. The molecule has 1 fully saturated rings. The van der Waals surface area contributed by atoms with E-state index in [0.717, 1.165) is 5.88 Å². The third kappa shape index (κ3) is 2.37. The van der Waals surface area contributed by atoms with Crippen LogP contribution in [0.1, 0.15) is 51.9 Å². The van der Waals surface area contributed by atoms with Crippen LogP contribution in [-0.4, -0.2) is 5.88 Å². The summed E-state index contributed by atoms with van der Waals surface area (Å²) >= 11 is 5.80. The SMILES string of the molecule is CCC1(CCCl)CCCCC1. The molecule has 1 rings (SSSR count). The van der Waals surface area contributed by atoms with Gasteiger partial charge in [0, 0.05) is 5.88 Å². The zero-order chi connectivity index (χ0) is 8.16. The Hall–Kier alpha value is 0.290. The van der Waals surface area contributed by atoms with Gasteiger partial charge in [-0.2, -0.15) is 0 Å². The average Bonchev–Trinajstić information content (AvgIpc) is 2.07. The second kappa shape index (κ2) is 4.35. The van der Waals surface area contributed by atoms with Crippen molar-refractivity contribution < 1.29 is 0 Å². The molecule has 0 atom stereocenters. The zero-order valence-electron chi connectivity index (χ0n) is 7.53. The van der Waals surface area contributed by atoms with E-state index in [1.165, 1.54) is 44.9 Å². The topological polar surface area (TPSA) is 0 Å². The van der Waals surface area contributed by atoms with Crippen LogP contribution in [0.5, 0.6) is 0 Å². The van der Waals surface area contributed by atoms with Gasteiger partial charge in [-0.1, -0.05) is 32.6 Å². The highest BCUT2D eigenvalue weighted by Crippen LogP contribution is 2.42. The molecule has 66 valence electrons. The third-order valence-corrected chi connectivity index (χ3v) is 3.48. The molecule has 0 aromatic rings. The van der Waals surface area contributed by atoms with E-state index >= 15 is 0 Å². The first-order valence-electron chi connectivity index (χ1n) is 4.89. The van der Waals surface area contributed by atoms with Crippen molar-refractivity contribution in [3.63, 3.8) is 0 Å². The van der Waals surface area contributed by atoms with Crippen molar-refractivity contribution in [1.29, 1.82) is 0 Å². The molecule has 1 aliphatic carbocycles. The molecule has 1 aliphatic rings. The van der Waals surface area contributed by atoms with Gasteiger partial charge in [0.1, 0.15) is 0 Å². The van der Waals surface area contributed by atoms with Crippen LogP contribution < -0.4 is 0 Å². The van der Waals surface area contributed by atoms with Crippen LogP contribution in [0.4, 0.5) is 0 Å². The second-order valence-corrected chi connectivity index (χ2v) is 4.23. The number of hydrogen-bond acceptors (Lipinski definition) is 0. The van der Waals surface area contributed by atoms with E-state index in [1.54, 1.807) is 0 Å². The van der Waals surface area contributed by atoms with E-state index in [0.29, 0.717) is 5.41 Å². The summed E-state index contributed by atoms with van der Waals surface area (Å²) in [6.45, 7) is 2.32. The van der Waals surface area contributed by atoms with Gasteiger partial charge in [-0.25, -0.2) is 0 Å². The smallest absolute Gasteiger partial charge is 0.0228 e. The molecule has 0 spiro atoms. The molecule has 0 N–H and O–H groups in total. The molecule has 0 nitrogen and oxygen atoms in total. The summed E-state index contributed by atoms with van der Waals surface area (Å²) in [5.74, 6) is 0.855. The highest BCUT2D eigenvalue weighted by atomic mass is 35.5. The monoisotopic (exact) mass is 174 g/mol. The maximum Gasteiger partial charge on any atom is 0.0228 e. The average molecular weight is 175 g/mol. The Morgan fingerprint density at radius 3 is 2.27 bits per heavy atom. The Bertz CT molecular complexity index is 97.9. The molecule has 0 radical (unpaired) electrons. The molecule has 0 aliphatic heterocycles. The zero-order valence-corrected chi connectivity index (χ0v) is 8.29. The number of alkyl halides is 1. The molecule has 1 heteroatoms. The van der Waals surface area contributed by atoms with Gasteiger partial charge in [0.2, 0.25) is 0 Å². The first-order valence-corrected chi connectivity index (χ1v) is 5.42. The lowest BCUT2D eigenvalue weighted by Gasteiger charge is -2.36. The Balaban J connectivity index is 2.42. The lowest BCUT2D eigenvalue weighted by atomic mass is 9.70. The highest BCUT2D eigenvalue weighted by Gasteiger charge is 2.28. The second-order valence-electron chi connectivity index (χ2n) is 3.85. The molecule has 0 heterocycles. The summed E-state index contributed by atoms with van der Waals surface area (Å²) in [5.41, 5.74) is 0.639. The Labute approximate surface area is 75.3 Å². The number of hydrogen-bond donors (Lipinski definition) is 0. The van der Waals surface area contributed by atoms with Gasteiger partial charge in [-0.3, -0.25) is 0 Å². The summed E-state index contributed by atoms with van der Waals surface area (Å²) in [7, 11) is 0. The summed E-state index contributed by atoms with van der Waals surface area (Å²) in [4.78, 5) is 0. The molecular weight excluding hydrogens is 156 g/mol. The first kappa shape index (κ1) is 9.38. The molecule has 0 amide bonds. The van der Waals surface area contributed by atoms with Crippen molar-refractivity contribution >= 4 is 11.6 Å². The quantitative estimate of drug-likeness (QED) is 0.568. The van der Waals surface area contributed by atoms with Crippen molar-refractivity contribution in [2.75, 3.05) is 5.88 Å². The van der Waals surface area contributed by atoms with Gasteiger partial charge < -0.3 is 0 Å². The Morgan fingerprint density at radius 2 is 1.82 bits per heavy atom. The van der Waals surface area contributed by atoms with Crippen molar-refractivity contribution in [3.05, 3.63) is 0 Å². The van der Waals surface area contributed by atoms with Crippen LogP contribution in [0.25, 0.3) is 0 Å². The highest BCUT2D eigenvalue weighted by molar-refractivity contribution is 6.17. The van der Waals surface area contributed by atoms with Crippen molar-refractivity contribution in [1.82, 2.24) is 0 Å². The number of halogens is 1. The van der Waals surface area contributed by atoms with Crippen molar-refractivity contribution in [3.8, 4) is 0 Å². The van der Waals surface area contributed by atoms with Crippen molar-refractivity contribution in [2.45, 2.75) is 51.9 Å². The van der Waals surface area contributed by atoms with E-state index < -0.39 is 0 Å². The van der Waals surface area contributed by atoms with Crippen LogP contribution in [0, 0.1) is 5.41 Å². The van der Waals surface area contributed by atoms with Gasteiger partial charge in [0.15, 0.2) is 0 Å². The fraction of sp³-hybridized carbons (Fsp3) is 1.00. The standard InChI is InChI=1S/C10H19Cl/c1-2-10(8-9-11)6-4-3-5-7-10/h2-9H2,1H3. The molecular formula is C10H19Cl. The summed E-state index contributed by atoms with van der Waals surface area (Å²) in [6.07, 6.45) is 9.75. The van der Waals surface area contributed by atoms with Gasteiger partial charge in [-0.15, -0.1) is 11.6 Å². The predicted molar refractivity (Wildman–Crippen MR) is 51.1 cm³/mol. The fourth-order valence-electron chi connectivity index (χ4n) is 2.28. The van der Waals surface area contributed by atoms with Gasteiger partial charge in [-0.05, 0) is 24.7 Å². The van der Waals surface area contributed by atoms with E-state index in [9.17, 15) is 0 Å². The van der Waals surface area contributed by atoms with Crippen LogP contribution >= 0.6 is 11.6 Å². The molecule has 0 saturated heterocycles. The van der Waals surface area contributed by atoms with Crippen LogP contribution in [0.15, 0.2) is 0 Å². The number of rotatable bonds is 3. The molecule has 0 unspecified atom stereocenters. The molecule has 11 heavy (non-hydrogen) atoms. The maximum absolute atomic E-state index is 5.80. The normalized spacial score (nSPS) is 23.5. The lowest BCUT2D eigenvalue weighted by Crippen LogP contribution is -2.23. The summed E-state index contributed by atoms with van der Waals surface area (Å²) in [6, 6.07) is 0. The van der Waals surface area contributed by atoms with E-state index in [1.807, 2.05) is 0 Å². The molecule has 0 aromatic carbocycles. The van der Waals surface area contributed by atoms with Crippen LogP contribution in [-0.2, 0) is 0 Å². The van der Waals surface area contributed by atoms with E-state index in [4.69, 9.17) is 11.6 Å². The summed E-state index contributed by atoms with van der Waals surface area (Å²) < 4.78 is 0. The third-order valence-electron chi connectivity index (χ3n) is 3.29. The van der Waals surface area contributed by atoms with Gasteiger partial charge in [0.25, 0.3) is 0 Å². The van der Waals surface area contributed by atoms with E-state index in [-0.39, 0.29) is 0 Å². The minimum Gasteiger partial charge on any atom is -0.127 e. The molecule has 0 bridgehead atoms. The maximum atomic E-state index is 5.80. The van der Waals surface area contributed by atoms with Crippen molar-refractivity contribution in [2.24, 2.45) is 5.41 Å². The largest absolute Gasteiger partial charge is 0.127 e. The first-order chi connectivity index (χ1) is 5.33. The van der Waals surface area contributed by atoms with Crippen LogP contribution in [0.2, 0.25) is 0 Å². The molecule has 0 aromatic heterocycles.